The third-order valence-electron chi connectivity index (χ3n) is 4.62. The number of nitrogens with one attached hydrogen (secondary N) is 1. The molecule has 7 heteroatoms. The minimum atomic E-state index is 0.0671. The van der Waals surface area contributed by atoms with E-state index in [1.165, 1.54) is 11.3 Å². The van der Waals surface area contributed by atoms with Gasteiger partial charge >= 0.3 is 0 Å². The molecule has 0 bridgehead atoms. The summed E-state index contributed by atoms with van der Waals surface area (Å²) >= 11 is 1.48. The lowest BCUT2D eigenvalue weighted by Gasteiger charge is -2.30. The molecule has 0 atom stereocenters. The summed E-state index contributed by atoms with van der Waals surface area (Å²) in [5, 5.41) is 5.59. The molecule has 6 nitrogen and oxygen atoms in total. The number of piperidine rings is 1. The molecule has 1 saturated heterocycles. The van der Waals surface area contributed by atoms with Crippen LogP contribution in [0.15, 0.2) is 29.6 Å². The third kappa shape index (κ3) is 5.94. The van der Waals surface area contributed by atoms with Crippen molar-refractivity contribution in [2.24, 2.45) is 5.92 Å². The normalized spacial score (nSPS) is 15.5. The van der Waals surface area contributed by atoms with Crippen molar-refractivity contribution in [1.29, 1.82) is 0 Å². The van der Waals surface area contributed by atoms with Gasteiger partial charge in [0.1, 0.15) is 18.1 Å². The quantitative estimate of drug-likeness (QED) is 0.748. The van der Waals surface area contributed by atoms with Crippen molar-refractivity contribution in [2.75, 3.05) is 38.2 Å². The van der Waals surface area contributed by atoms with E-state index in [9.17, 15) is 4.79 Å². The molecular formula is C20H27N3O3S. The molecule has 0 unspecified atom stereocenters. The van der Waals surface area contributed by atoms with Crippen LogP contribution in [-0.4, -0.2) is 48.6 Å². The van der Waals surface area contributed by atoms with Crippen LogP contribution in [0.25, 0.3) is 0 Å². The maximum absolute atomic E-state index is 12.4. The molecule has 1 aliphatic heterocycles. The lowest BCUT2D eigenvalue weighted by Crippen LogP contribution is -2.39. The number of anilines is 1. The zero-order chi connectivity index (χ0) is 19.1. The first-order valence-electron chi connectivity index (χ1n) is 9.45. The van der Waals surface area contributed by atoms with Crippen LogP contribution in [0.3, 0.4) is 0 Å². The Bertz CT molecular complexity index is 724. The number of aryl methyl sites for hydroxylation is 1. The number of carbonyl (C=O) groups excluding carboxylic acids is 1. The fraction of sp³-hybridized carbons (Fsp3) is 0.500. The van der Waals surface area contributed by atoms with Crippen LogP contribution < -0.4 is 14.8 Å². The SMILES string of the molecule is CCOc1ccc(OCCN2CCC(C(=O)Nc3nc(C)cs3)CC2)cc1. The van der Waals surface area contributed by atoms with Crippen LogP contribution in [0.4, 0.5) is 5.13 Å². The van der Waals surface area contributed by atoms with Crippen molar-refractivity contribution >= 4 is 22.4 Å². The number of hydrogen-bond acceptors (Lipinski definition) is 6. The predicted octanol–water partition coefficient (Wildman–Crippen LogP) is 3.58. The first kappa shape index (κ1) is 19.6. The molecule has 1 amide bonds. The van der Waals surface area contributed by atoms with Crippen LogP contribution in [0, 0.1) is 12.8 Å². The first-order valence-corrected chi connectivity index (χ1v) is 10.3. The fourth-order valence-corrected chi connectivity index (χ4v) is 3.82. The van der Waals surface area contributed by atoms with Gasteiger partial charge in [-0.3, -0.25) is 9.69 Å². The smallest absolute Gasteiger partial charge is 0.229 e. The monoisotopic (exact) mass is 389 g/mol. The van der Waals surface area contributed by atoms with Crippen molar-refractivity contribution in [1.82, 2.24) is 9.88 Å². The average molecular weight is 390 g/mol. The Morgan fingerprint density at radius 3 is 2.48 bits per heavy atom. The van der Waals surface area contributed by atoms with Gasteiger partial charge in [0.2, 0.25) is 5.91 Å². The second-order valence-corrected chi connectivity index (χ2v) is 7.51. The first-order chi connectivity index (χ1) is 13.1. The van der Waals surface area contributed by atoms with E-state index in [-0.39, 0.29) is 11.8 Å². The van der Waals surface area contributed by atoms with Crippen molar-refractivity contribution in [3.8, 4) is 11.5 Å². The van der Waals surface area contributed by atoms with Gasteiger partial charge in [0.05, 0.1) is 12.3 Å². The molecule has 2 aromatic rings. The summed E-state index contributed by atoms with van der Waals surface area (Å²) in [4.78, 5) is 19.0. The summed E-state index contributed by atoms with van der Waals surface area (Å²) in [7, 11) is 0. The summed E-state index contributed by atoms with van der Waals surface area (Å²) in [6.45, 7) is 7.91. The Morgan fingerprint density at radius 2 is 1.89 bits per heavy atom. The number of amides is 1. The molecule has 1 aliphatic rings. The highest BCUT2D eigenvalue weighted by Crippen LogP contribution is 2.22. The Balaban J connectivity index is 1.35. The number of benzene rings is 1. The van der Waals surface area contributed by atoms with Gasteiger partial charge in [-0.25, -0.2) is 4.98 Å². The van der Waals surface area contributed by atoms with E-state index < -0.39 is 0 Å². The van der Waals surface area contributed by atoms with E-state index in [0.29, 0.717) is 18.3 Å². The molecule has 1 N–H and O–H groups in total. The predicted molar refractivity (Wildman–Crippen MR) is 108 cm³/mol. The number of nitrogens with zero attached hydrogens (tertiary/aromatic N) is 2. The van der Waals surface area contributed by atoms with Gasteiger partial charge in [0.15, 0.2) is 5.13 Å². The van der Waals surface area contributed by atoms with Crippen LogP contribution in [0.5, 0.6) is 11.5 Å². The standard InChI is InChI=1S/C20H27N3O3S/c1-3-25-17-4-6-18(7-5-17)26-13-12-23-10-8-16(9-11-23)19(24)22-20-21-15(2)14-27-20/h4-7,14,16H,3,8-13H2,1-2H3,(H,21,22,24). The zero-order valence-corrected chi connectivity index (χ0v) is 16.8. The largest absolute Gasteiger partial charge is 0.494 e. The number of rotatable bonds is 8. The summed E-state index contributed by atoms with van der Waals surface area (Å²) < 4.78 is 11.2. The topological polar surface area (TPSA) is 63.7 Å². The molecule has 0 saturated carbocycles. The number of aromatic nitrogens is 1. The summed E-state index contributed by atoms with van der Waals surface area (Å²) in [5.41, 5.74) is 0.942. The zero-order valence-electron chi connectivity index (χ0n) is 15.9. The highest BCUT2D eigenvalue weighted by Gasteiger charge is 2.25. The van der Waals surface area contributed by atoms with Crippen LogP contribution in [0.1, 0.15) is 25.5 Å². The van der Waals surface area contributed by atoms with Gasteiger partial charge in [-0.05, 0) is 64.0 Å². The lowest BCUT2D eigenvalue weighted by molar-refractivity contribution is -0.121. The van der Waals surface area contributed by atoms with Crippen LogP contribution in [-0.2, 0) is 4.79 Å². The van der Waals surface area contributed by atoms with E-state index in [1.807, 2.05) is 43.5 Å². The number of hydrogen-bond donors (Lipinski definition) is 1. The highest BCUT2D eigenvalue weighted by molar-refractivity contribution is 7.13. The molecule has 0 radical (unpaired) electrons. The molecule has 3 rings (SSSR count). The van der Waals surface area contributed by atoms with E-state index in [2.05, 4.69) is 15.2 Å². The van der Waals surface area contributed by atoms with E-state index in [4.69, 9.17) is 9.47 Å². The molecule has 0 spiro atoms. The van der Waals surface area contributed by atoms with Gasteiger partial charge in [-0.15, -0.1) is 11.3 Å². The molecule has 1 aromatic heterocycles. The Labute approximate surface area is 164 Å². The van der Waals surface area contributed by atoms with Crippen LogP contribution >= 0.6 is 11.3 Å². The second kappa shape index (κ2) is 9.71. The van der Waals surface area contributed by atoms with Crippen molar-refractivity contribution in [3.05, 3.63) is 35.3 Å². The van der Waals surface area contributed by atoms with Crippen molar-refractivity contribution in [2.45, 2.75) is 26.7 Å². The van der Waals surface area contributed by atoms with Gasteiger partial charge in [-0.1, -0.05) is 0 Å². The molecule has 146 valence electrons. The van der Waals surface area contributed by atoms with Gasteiger partial charge in [0.25, 0.3) is 0 Å². The van der Waals surface area contributed by atoms with E-state index in [0.717, 1.165) is 49.7 Å². The molecule has 0 aliphatic carbocycles. The van der Waals surface area contributed by atoms with Crippen LogP contribution in [0.2, 0.25) is 0 Å². The third-order valence-corrected chi connectivity index (χ3v) is 5.49. The van der Waals surface area contributed by atoms with Gasteiger partial charge in [-0.2, -0.15) is 0 Å². The number of carbonyl (C=O) groups is 1. The van der Waals surface area contributed by atoms with Gasteiger partial charge in [0, 0.05) is 17.8 Å². The van der Waals surface area contributed by atoms with E-state index >= 15 is 0 Å². The number of likely N-dealkylation sites (tertiary alicyclic amines) is 1. The molecule has 27 heavy (non-hydrogen) atoms. The minimum Gasteiger partial charge on any atom is -0.494 e. The average Bonchev–Trinajstić information content (AvgIpc) is 3.08. The lowest BCUT2D eigenvalue weighted by atomic mass is 9.96. The van der Waals surface area contributed by atoms with Crippen molar-refractivity contribution < 1.29 is 14.3 Å². The Morgan fingerprint density at radius 1 is 1.22 bits per heavy atom. The maximum Gasteiger partial charge on any atom is 0.229 e. The maximum atomic E-state index is 12.4. The summed E-state index contributed by atoms with van der Waals surface area (Å²) in [6.07, 6.45) is 1.75. The minimum absolute atomic E-state index is 0.0671. The molecule has 2 heterocycles. The van der Waals surface area contributed by atoms with Gasteiger partial charge < -0.3 is 14.8 Å². The van der Waals surface area contributed by atoms with Crippen molar-refractivity contribution in [3.63, 3.8) is 0 Å². The Kier molecular flexibility index (Phi) is 7.06. The molecule has 1 fully saturated rings. The Hall–Kier alpha value is -2.12. The number of thiazole rings is 1. The highest BCUT2D eigenvalue weighted by atomic mass is 32.1. The van der Waals surface area contributed by atoms with E-state index in [1.54, 1.807) is 0 Å². The molecular weight excluding hydrogens is 362 g/mol. The molecule has 1 aromatic carbocycles. The second-order valence-electron chi connectivity index (χ2n) is 6.65. The fourth-order valence-electron chi connectivity index (χ4n) is 3.13. The summed E-state index contributed by atoms with van der Waals surface area (Å²) in [6, 6.07) is 7.71. The number of ether oxygens (including phenoxy) is 2. The summed E-state index contributed by atoms with van der Waals surface area (Å²) in [5.74, 6) is 1.87.